The van der Waals surface area contributed by atoms with Crippen LogP contribution in [0, 0.1) is 0 Å². The molecule has 0 fully saturated rings. The van der Waals surface area contributed by atoms with Gasteiger partial charge in [-0.1, -0.05) is 0 Å². The minimum Gasteiger partial charge on any atom is -0.497 e. The summed E-state index contributed by atoms with van der Waals surface area (Å²) in [4.78, 5) is 31.8. The van der Waals surface area contributed by atoms with Gasteiger partial charge < -0.3 is 33.6 Å². The first-order valence-electron chi connectivity index (χ1n) is 13.7. The van der Waals surface area contributed by atoms with Gasteiger partial charge in [-0.25, -0.2) is 0 Å². The molecule has 1 amide bonds. The normalized spacial score (nSPS) is 10.8. The van der Waals surface area contributed by atoms with E-state index < -0.39 is 0 Å². The molecule has 1 aromatic heterocycles. The van der Waals surface area contributed by atoms with Crippen LogP contribution in [0.15, 0.2) is 65.5 Å². The fourth-order valence-electron chi connectivity index (χ4n) is 4.48. The number of rotatable bonds is 13. The number of ether oxygens (including phenoxy) is 5. The molecule has 9 heteroatoms. The molecule has 1 N–H and O–H groups in total. The Bertz CT molecular complexity index is 1520. The monoisotopic (exact) mass is 560 g/mol. The van der Waals surface area contributed by atoms with E-state index in [2.05, 4.69) is 4.98 Å². The van der Waals surface area contributed by atoms with Crippen molar-refractivity contribution in [3.8, 4) is 28.7 Å². The Hall–Kier alpha value is -4.66. The summed E-state index contributed by atoms with van der Waals surface area (Å²) in [6, 6.07) is 17.7. The first kappa shape index (κ1) is 29.3. The van der Waals surface area contributed by atoms with Crippen molar-refractivity contribution in [3.05, 3.63) is 82.1 Å². The number of anilines is 1. The lowest BCUT2D eigenvalue weighted by atomic mass is 10.1. The van der Waals surface area contributed by atoms with Gasteiger partial charge in [0.05, 0.1) is 40.1 Å². The number of hydrogen-bond donors (Lipinski definition) is 1. The molecule has 216 valence electrons. The summed E-state index contributed by atoms with van der Waals surface area (Å²) in [6.07, 6.45) is 0. The smallest absolute Gasteiger partial charge is 0.258 e. The van der Waals surface area contributed by atoms with Crippen LogP contribution in [0.1, 0.15) is 43.6 Å². The number of carbonyl (C=O) groups is 1. The van der Waals surface area contributed by atoms with E-state index in [0.717, 1.165) is 5.39 Å². The highest BCUT2D eigenvalue weighted by molar-refractivity contribution is 6.07. The Balaban J connectivity index is 1.82. The van der Waals surface area contributed by atoms with E-state index in [1.54, 1.807) is 66.6 Å². The SMILES string of the molecule is CCOc1ccc(N(Cc2cc3cc(OC)ccc3[nH]c2=O)C(=O)c2cc(OCC)c(OCC)c(OCC)c2)cc1. The number of fused-ring (bicyclic) bond motifs is 1. The maximum atomic E-state index is 14.2. The molecule has 0 aliphatic rings. The third-order valence-corrected chi connectivity index (χ3v) is 6.32. The quantitative estimate of drug-likeness (QED) is 0.215. The van der Waals surface area contributed by atoms with Gasteiger partial charge in [0, 0.05) is 27.7 Å². The molecule has 4 rings (SSSR count). The van der Waals surface area contributed by atoms with Gasteiger partial charge in [-0.2, -0.15) is 0 Å². The van der Waals surface area contributed by atoms with E-state index in [-0.39, 0.29) is 18.0 Å². The third-order valence-electron chi connectivity index (χ3n) is 6.32. The van der Waals surface area contributed by atoms with Gasteiger partial charge in [0.1, 0.15) is 11.5 Å². The zero-order chi connectivity index (χ0) is 29.4. The zero-order valence-corrected chi connectivity index (χ0v) is 24.1. The largest absolute Gasteiger partial charge is 0.497 e. The van der Waals surface area contributed by atoms with E-state index in [0.29, 0.717) is 77.5 Å². The van der Waals surface area contributed by atoms with Gasteiger partial charge in [-0.15, -0.1) is 0 Å². The summed E-state index contributed by atoms with van der Waals surface area (Å²) in [5.74, 6) is 2.26. The lowest BCUT2D eigenvalue weighted by molar-refractivity contribution is 0.0984. The molecule has 0 aliphatic heterocycles. The number of aromatic nitrogens is 1. The molecule has 0 unspecified atom stereocenters. The Morgan fingerprint density at radius 3 is 1.95 bits per heavy atom. The van der Waals surface area contributed by atoms with Crippen molar-refractivity contribution in [1.29, 1.82) is 0 Å². The highest BCUT2D eigenvalue weighted by Gasteiger charge is 2.24. The zero-order valence-electron chi connectivity index (χ0n) is 24.1. The lowest BCUT2D eigenvalue weighted by Gasteiger charge is -2.24. The van der Waals surface area contributed by atoms with Crippen LogP contribution in [0.3, 0.4) is 0 Å². The second kappa shape index (κ2) is 13.6. The van der Waals surface area contributed by atoms with Crippen molar-refractivity contribution in [2.75, 3.05) is 38.4 Å². The Morgan fingerprint density at radius 2 is 1.37 bits per heavy atom. The van der Waals surface area contributed by atoms with Crippen LogP contribution in [-0.2, 0) is 6.54 Å². The number of nitrogens with one attached hydrogen (secondary N) is 1. The Labute approximate surface area is 239 Å². The number of amides is 1. The van der Waals surface area contributed by atoms with Crippen molar-refractivity contribution in [1.82, 2.24) is 4.98 Å². The molecule has 0 saturated carbocycles. The summed E-state index contributed by atoms with van der Waals surface area (Å²) >= 11 is 0. The number of methoxy groups -OCH3 is 1. The molecular formula is C32H36N2O7. The molecule has 3 aromatic carbocycles. The van der Waals surface area contributed by atoms with Crippen LogP contribution in [-0.4, -0.2) is 44.4 Å². The molecule has 0 radical (unpaired) electrons. The average molecular weight is 561 g/mol. The molecule has 4 aromatic rings. The van der Waals surface area contributed by atoms with Crippen molar-refractivity contribution < 1.29 is 28.5 Å². The molecule has 0 saturated heterocycles. The van der Waals surface area contributed by atoms with Gasteiger partial charge in [0.15, 0.2) is 11.5 Å². The van der Waals surface area contributed by atoms with Crippen LogP contribution in [0.25, 0.3) is 10.9 Å². The fourth-order valence-corrected chi connectivity index (χ4v) is 4.48. The fraction of sp³-hybridized carbons (Fsp3) is 0.312. The highest BCUT2D eigenvalue weighted by atomic mass is 16.5. The highest BCUT2D eigenvalue weighted by Crippen LogP contribution is 2.40. The number of hydrogen-bond acceptors (Lipinski definition) is 7. The van der Waals surface area contributed by atoms with Crippen LogP contribution >= 0.6 is 0 Å². The van der Waals surface area contributed by atoms with Crippen molar-refractivity contribution in [3.63, 3.8) is 0 Å². The van der Waals surface area contributed by atoms with Gasteiger partial charge in [-0.3, -0.25) is 9.59 Å². The van der Waals surface area contributed by atoms with E-state index in [1.807, 2.05) is 33.8 Å². The van der Waals surface area contributed by atoms with Crippen molar-refractivity contribution >= 4 is 22.5 Å². The van der Waals surface area contributed by atoms with Gasteiger partial charge >= 0.3 is 0 Å². The first-order chi connectivity index (χ1) is 19.9. The minimum atomic E-state index is -0.343. The summed E-state index contributed by atoms with van der Waals surface area (Å²) in [5, 5.41) is 0.788. The van der Waals surface area contributed by atoms with Gasteiger partial charge in [0.2, 0.25) is 5.75 Å². The maximum Gasteiger partial charge on any atom is 0.258 e. The molecule has 41 heavy (non-hydrogen) atoms. The average Bonchev–Trinajstić information content (AvgIpc) is 2.98. The second-order valence-electron chi connectivity index (χ2n) is 9.00. The van der Waals surface area contributed by atoms with Gasteiger partial charge in [-0.05, 0) is 88.4 Å². The third kappa shape index (κ3) is 6.74. The van der Waals surface area contributed by atoms with Crippen molar-refractivity contribution in [2.45, 2.75) is 34.2 Å². The van der Waals surface area contributed by atoms with Crippen molar-refractivity contribution in [2.24, 2.45) is 0 Å². The van der Waals surface area contributed by atoms with E-state index in [4.69, 9.17) is 23.7 Å². The second-order valence-corrected chi connectivity index (χ2v) is 9.00. The summed E-state index contributed by atoms with van der Waals surface area (Å²) in [5.41, 5.74) is 1.71. The summed E-state index contributed by atoms with van der Waals surface area (Å²) in [6.45, 7) is 9.18. The van der Waals surface area contributed by atoms with E-state index in [9.17, 15) is 9.59 Å². The number of H-pyrrole nitrogens is 1. The van der Waals surface area contributed by atoms with Crippen LogP contribution in [0.5, 0.6) is 28.7 Å². The molecule has 9 nitrogen and oxygen atoms in total. The predicted octanol–water partition coefficient (Wildman–Crippen LogP) is 5.98. The molecule has 1 heterocycles. The van der Waals surface area contributed by atoms with Crippen LogP contribution < -0.4 is 34.1 Å². The molecule has 0 aliphatic carbocycles. The molecule has 0 spiro atoms. The number of benzene rings is 3. The number of nitrogens with zero attached hydrogens (tertiary/aromatic N) is 1. The molecular weight excluding hydrogens is 524 g/mol. The molecule has 0 atom stereocenters. The number of carbonyl (C=O) groups excluding carboxylic acids is 1. The summed E-state index contributed by atoms with van der Waals surface area (Å²) < 4.78 is 28.5. The number of pyridine rings is 1. The Morgan fingerprint density at radius 1 is 0.756 bits per heavy atom. The van der Waals surface area contributed by atoms with E-state index in [1.165, 1.54) is 0 Å². The number of aromatic amines is 1. The maximum absolute atomic E-state index is 14.2. The van der Waals surface area contributed by atoms with Crippen LogP contribution in [0.4, 0.5) is 5.69 Å². The molecule has 0 bridgehead atoms. The topological polar surface area (TPSA) is 99.3 Å². The minimum absolute atomic E-state index is 0.0104. The standard InChI is InChI=1S/C32H36N2O7/c1-6-38-25-12-10-24(11-13-25)34(20-23-16-21-17-26(37-5)14-15-27(21)33-31(23)35)32(36)22-18-28(39-7-2)30(41-9-4)29(19-22)40-8-3/h10-19H,6-9,20H2,1-5H3,(H,33,35). The lowest BCUT2D eigenvalue weighted by Crippen LogP contribution is -2.33. The van der Waals surface area contributed by atoms with E-state index >= 15 is 0 Å². The Kier molecular flexibility index (Phi) is 9.73. The van der Waals surface area contributed by atoms with Crippen LogP contribution in [0.2, 0.25) is 0 Å². The predicted molar refractivity (Wildman–Crippen MR) is 159 cm³/mol. The summed E-state index contributed by atoms with van der Waals surface area (Å²) in [7, 11) is 1.59. The first-order valence-corrected chi connectivity index (χ1v) is 13.7. The van der Waals surface area contributed by atoms with Gasteiger partial charge in [0.25, 0.3) is 11.5 Å².